The van der Waals surface area contributed by atoms with Crippen LogP contribution in [-0.2, 0) is 27.1 Å². The maximum atomic E-state index is 12.6. The Morgan fingerprint density at radius 3 is 2.37 bits per heavy atom. The second kappa shape index (κ2) is 7.38. The number of halogens is 3. The number of aromatic nitrogens is 5. The third kappa shape index (κ3) is 5.13. The summed E-state index contributed by atoms with van der Waals surface area (Å²) in [5.74, 6) is 0.247. The first-order valence-electron chi connectivity index (χ1n) is 8.01. The van der Waals surface area contributed by atoms with E-state index in [1.807, 2.05) is 0 Å². The number of piperidine rings is 1. The van der Waals surface area contributed by atoms with Gasteiger partial charge in [-0.25, -0.2) is 9.97 Å². The molecule has 1 aliphatic heterocycles. The van der Waals surface area contributed by atoms with Crippen LogP contribution in [0.15, 0.2) is 18.6 Å². The predicted molar refractivity (Wildman–Crippen MR) is 87.2 cm³/mol. The van der Waals surface area contributed by atoms with E-state index >= 15 is 0 Å². The molecule has 1 saturated heterocycles. The Bertz CT molecular complexity index is 876. The summed E-state index contributed by atoms with van der Waals surface area (Å²) in [6.07, 6.45) is 0.773. The first-order valence-corrected chi connectivity index (χ1v) is 9.83. The van der Waals surface area contributed by atoms with Crippen molar-refractivity contribution in [3.05, 3.63) is 29.8 Å². The van der Waals surface area contributed by atoms with Gasteiger partial charge in [0.15, 0.2) is 0 Å². The number of anilines is 1. The molecule has 9 nitrogen and oxygen atoms in total. The molecule has 0 atom stereocenters. The molecule has 0 amide bonds. The third-order valence-corrected chi connectivity index (χ3v) is 4.56. The van der Waals surface area contributed by atoms with Gasteiger partial charge in [0.25, 0.3) is 10.1 Å². The monoisotopic (exact) mass is 406 g/mol. The van der Waals surface area contributed by atoms with Crippen LogP contribution in [0.4, 0.5) is 19.1 Å². The van der Waals surface area contributed by atoms with Gasteiger partial charge in [-0.15, -0.1) is 0 Å². The van der Waals surface area contributed by atoms with E-state index in [-0.39, 0.29) is 18.6 Å². The van der Waals surface area contributed by atoms with Crippen molar-refractivity contribution in [2.45, 2.75) is 31.7 Å². The average molecular weight is 406 g/mol. The van der Waals surface area contributed by atoms with E-state index in [9.17, 15) is 21.6 Å². The van der Waals surface area contributed by atoms with Gasteiger partial charge in [0.2, 0.25) is 5.95 Å². The van der Waals surface area contributed by atoms with Crippen molar-refractivity contribution < 1.29 is 25.8 Å². The number of nitrogens with zero attached hydrogens (tertiary/aromatic N) is 6. The van der Waals surface area contributed by atoms with Gasteiger partial charge in [-0.05, 0) is 12.8 Å². The molecule has 148 valence electrons. The van der Waals surface area contributed by atoms with E-state index in [0.29, 0.717) is 31.6 Å². The summed E-state index contributed by atoms with van der Waals surface area (Å²) < 4.78 is 64.4. The van der Waals surface area contributed by atoms with E-state index in [0.717, 1.165) is 18.6 Å². The van der Waals surface area contributed by atoms with Crippen LogP contribution in [-0.4, -0.2) is 52.7 Å². The minimum absolute atomic E-state index is 0.0114. The van der Waals surface area contributed by atoms with Gasteiger partial charge in [-0.3, -0.25) is 4.18 Å². The molecule has 0 bridgehead atoms. The zero-order chi connectivity index (χ0) is 19.7. The fourth-order valence-corrected chi connectivity index (χ4v) is 2.98. The van der Waals surface area contributed by atoms with Crippen LogP contribution in [0.5, 0.6) is 0 Å². The Morgan fingerprint density at radius 2 is 1.81 bits per heavy atom. The zero-order valence-electron chi connectivity index (χ0n) is 14.3. The molecular weight excluding hydrogens is 389 g/mol. The molecule has 3 rings (SSSR count). The molecule has 0 radical (unpaired) electrons. The number of hydrogen-bond acceptors (Lipinski definition) is 8. The van der Waals surface area contributed by atoms with Gasteiger partial charge in [0.1, 0.15) is 12.3 Å². The van der Waals surface area contributed by atoms with E-state index in [4.69, 9.17) is 0 Å². The van der Waals surface area contributed by atoms with Gasteiger partial charge in [0, 0.05) is 25.5 Å². The Labute approximate surface area is 153 Å². The first-order chi connectivity index (χ1) is 12.6. The maximum absolute atomic E-state index is 12.6. The highest BCUT2D eigenvalue weighted by Crippen LogP contribution is 2.29. The lowest BCUT2D eigenvalue weighted by Gasteiger charge is -2.31. The Morgan fingerprint density at radius 1 is 1.19 bits per heavy atom. The molecule has 1 aliphatic rings. The largest absolute Gasteiger partial charge is 0.419 e. The van der Waals surface area contributed by atoms with Crippen molar-refractivity contribution in [2.75, 3.05) is 24.2 Å². The SMILES string of the molecule is CS(=O)(=O)OCc1cnn(C2CCN(c3ncc(C(F)(F)F)cn3)CC2)n1. The second-order valence-corrected chi connectivity index (χ2v) is 7.75. The molecule has 0 unspecified atom stereocenters. The van der Waals surface area contributed by atoms with Crippen LogP contribution in [0.2, 0.25) is 0 Å². The highest BCUT2D eigenvalue weighted by molar-refractivity contribution is 7.85. The summed E-state index contributed by atoms with van der Waals surface area (Å²) >= 11 is 0. The Hall–Kier alpha value is -2.28. The minimum atomic E-state index is -4.46. The molecule has 0 aliphatic carbocycles. The van der Waals surface area contributed by atoms with Gasteiger partial charge in [-0.2, -0.15) is 36.6 Å². The quantitative estimate of drug-likeness (QED) is 0.687. The van der Waals surface area contributed by atoms with Crippen molar-refractivity contribution in [2.24, 2.45) is 0 Å². The maximum Gasteiger partial charge on any atom is 0.419 e. The standard InChI is InChI=1S/C14H17F3N6O3S/c1-27(24,25)26-9-11-8-20-23(21-11)12-2-4-22(5-3-12)13-18-6-10(7-19-13)14(15,16)17/h6-8,12H,2-5,9H2,1H3. The van der Waals surface area contributed by atoms with Crippen LogP contribution < -0.4 is 4.90 Å². The van der Waals surface area contributed by atoms with Crippen molar-refractivity contribution in [3.63, 3.8) is 0 Å². The highest BCUT2D eigenvalue weighted by Gasteiger charge is 2.32. The minimum Gasteiger partial charge on any atom is -0.341 e. The summed E-state index contributed by atoms with van der Waals surface area (Å²) in [7, 11) is -3.56. The summed E-state index contributed by atoms with van der Waals surface area (Å²) in [5, 5.41) is 8.35. The number of rotatable bonds is 5. The molecule has 0 spiro atoms. The molecule has 27 heavy (non-hydrogen) atoms. The lowest BCUT2D eigenvalue weighted by molar-refractivity contribution is -0.138. The van der Waals surface area contributed by atoms with Crippen molar-refractivity contribution >= 4 is 16.1 Å². The van der Waals surface area contributed by atoms with Crippen LogP contribution >= 0.6 is 0 Å². The van der Waals surface area contributed by atoms with E-state index in [1.165, 1.54) is 11.0 Å². The van der Waals surface area contributed by atoms with Crippen LogP contribution in [0, 0.1) is 0 Å². The van der Waals surface area contributed by atoms with Crippen molar-refractivity contribution in [1.29, 1.82) is 0 Å². The number of alkyl halides is 3. The molecule has 0 saturated carbocycles. The van der Waals surface area contributed by atoms with Gasteiger partial charge < -0.3 is 4.90 Å². The van der Waals surface area contributed by atoms with Crippen LogP contribution in [0.3, 0.4) is 0 Å². The van der Waals surface area contributed by atoms with Gasteiger partial charge >= 0.3 is 6.18 Å². The molecular formula is C14H17F3N6O3S. The fraction of sp³-hybridized carbons (Fsp3) is 0.571. The van der Waals surface area contributed by atoms with E-state index in [2.05, 4.69) is 24.3 Å². The Balaban J connectivity index is 1.57. The highest BCUT2D eigenvalue weighted by atomic mass is 32.2. The number of hydrogen-bond donors (Lipinski definition) is 0. The normalized spacial score (nSPS) is 16.7. The summed E-state index contributed by atoms with van der Waals surface area (Å²) in [6, 6.07) is -0.0114. The summed E-state index contributed by atoms with van der Waals surface area (Å²) in [4.78, 5) is 10.9. The first kappa shape index (κ1) is 19.5. The molecule has 1 fully saturated rings. The third-order valence-electron chi connectivity index (χ3n) is 4.02. The van der Waals surface area contributed by atoms with Crippen molar-refractivity contribution in [1.82, 2.24) is 25.0 Å². The smallest absolute Gasteiger partial charge is 0.341 e. The summed E-state index contributed by atoms with van der Waals surface area (Å²) in [5.41, 5.74) is -0.486. The van der Waals surface area contributed by atoms with Crippen molar-refractivity contribution in [3.8, 4) is 0 Å². The average Bonchev–Trinajstić information content (AvgIpc) is 3.08. The van der Waals surface area contributed by atoms with E-state index in [1.54, 1.807) is 4.90 Å². The lowest BCUT2D eigenvalue weighted by atomic mass is 10.1. The van der Waals surface area contributed by atoms with Gasteiger partial charge in [0.05, 0.1) is 24.1 Å². The van der Waals surface area contributed by atoms with Crippen LogP contribution in [0.25, 0.3) is 0 Å². The second-order valence-electron chi connectivity index (χ2n) is 6.11. The molecule has 13 heteroatoms. The summed E-state index contributed by atoms with van der Waals surface area (Å²) in [6.45, 7) is 0.885. The fourth-order valence-electron chi connectivity index (χ4n) is 2.65. The van der Waals surface area contributed by atoms with Gasteiger partial charge in [-0.1, -0.05) is 0 Å². The van der Waals surface area contributed by atoms with Crippen LogP contribution in [0.1, 0.15) is 30.1 Å². The zero-order valence-corrected chi connectivity index (χ0v) is 15.1. The molecule has 0 aromatic carbocycles. The molecule has 2 aromatic heterocycles. The lowest BCUT2D eigenvalue weighted by Crippen LogP contribution is -2.36. The molecule has 3 heterocycles. The predicted octanol–water partition coefficient (Wildman–Crippen LogP) is 1.40. The molecule has 0 N–H and O–H groups in total. The van der Waals surface area contributed by atoms with E-state index < -0.39 is 21.9 Å². The topological polar surface area (TPSA) is 103 Å². The molecule has 2 aromatic rings. The Kier molecular flexibility index (Phi) is 5.33.